The van der Waals surface area contributed by atoms with Crippen molar-refractivity contribution < 1.29 is 14.3 Å². The number of carbonyl (C=O) groups is 1. The monoisotopic (exact) mass is 325 g/mol. The molecular formula is C15H23N3O3S. The van der Waals surface area contributed by atoms with E-state index in [2.05, 4.69) is 10.3 Å². The largest absolute Gasteiger partial charge is 0.381 e. The highest BCUT2D eigenvalue weighted by molar-refractivity contribution is 7.09. The van der Waals surface area contributed by atoms with Crippen LogP contribution in [0, 0.1) is 6.92 Å². The van der Waals surface area contributed by atoms with E-state index in [4.69, 9.17) is 9.47 Å². The van der Waals surface area contributed by atoms with Crippen molar-refractivity contribution in [3.05, 3.63) is 16.1 Å². The Morgan fingerprint density at radius 3 is 3.14 bits per heavy atom. The number of nitrogens with one attached hydrogen (secondary N) is 1. The van der Waals surface area contributed by atoms with E-state index in [9.17, 15) is 4.79 Å². The Balaban J connectivity index is 1.55. The normalized spacial score (nSPS) is 26.5. The summed E-state index contributed by atoms with van der Waals surface area (Å²) in [5.74, 6) is 0. The third kappa shape index (κ3) is 3.97. The summed E-state index contributed by atoms with van der Waals surface area (Å²) in [5, 5.41) is 6.11. The maximum atomic E-state index is 12.5. The molecule has 0 radical (unpaired) electrons. The Morgan fingerprint density at radius 2 is 2.32 bits per heavy atom. The zero-order valence-electron chi connectivity index (χ0n) is 12.9. The molecule has 2 atom stereocenters. The third-order valence-electron chi connectivity index (χ3n) is 4.05. The topological polar surface area (TPSA) is 63.7 Å². The lowest BCUT2D eigenvalue weighted by atomic mass is 10.1. The lowest BCUT2D eigenvalue weighted by molar-refractivity contribution is -0.0160. The van der Waals surface area contributed by atoms with Crippen molar-refractivity contribution in [3.8, 4) is 0 Å². The predicted molar refractivity (Wildman–Crippen MR) is 84.1 cm³/mol. The highest BCUT2D eigenvalue weighted by atomic mass is 32.1. The van der Waals surface area contributed by atoms with Crippen LogP contribution in [0.3, 0.4) is 0 Å². The molecule has 3 rings (SSSR count). The Morgan fingerprint density at radius 1 is 1.41 bits per heavy atom. The average Bonchev–Trinajstić information content (AvgIpc) is 2.80. The van der Waals surface area contributed by atoms with Gasteiger partial charge in [0.05, 0.1) is 13.2 Å². The smallest absolute Gasteiger partial charge is 0.317 e. The maximum Gasteiger partial charge on any atom is 0.317 e. The van der Waals surface area contributed by atoms with Crippen molar-refractivity contribution in [1.29, 1.82) is 0 Å². The number of hydrogen-bond donors (Lipinski definition) is 1. The van der Waals surface area contributed by atoms with Crippen molar-refractivity contribution >= 4 is 17.4 Å². The second-order valence-electron chi connectivity index (χ2n) is 5.82. The standard InChI is InChI=1S/C15H23N3O3S/c1-11-10-22-14(16-11)13-9-18(5-8-21-13)15(19)17-12-3-2-6-20-7-4-12/h10,12-13H,2-9H2,1H3,(H,17,19)/t12-,13-/m0/s1. The van der Waals surface area contributed by atoms with Crippen molar-refractivity contribution in [2.45, 2.75) is 38.3 Å². The fourth-order valence-corrected chi connectivity index (χ4v) is 3.65. The van der Waals surface area contributed by atoms with Crippen LogP contribution < -0.4 is 5.32 Å². The van der Waals surface area contributed by atoms with Gasteiger partial charge in [0, 0.05) is 36.9 Å². The molecule has 0 aliphatic carbocycles. The summed E-state index contributed by atoms with van der Waals surface area (Å²) in [6, 6.07) is 0.229. The Kier molecular flexibility index (Phi) is 5.28. The summed E-state index contributed by atoms with van der Waals surface area (Å²) in [5.41, 5.74) is 1.00. The van der Waals surface area contributed by atoms with Gasteiger partial charge in [-0.25, -0.2) is 9.78 Å². The van der Waals surface area contributed by atoms with Crippen LogP contribution in [0.1, 0.15) is 36.1 Å². The number of carbonyl (C=O) groups excluding carboxylic acids is 1. The molecule has 7 heteroatoms. The molecule has 6 nitrogen and oxygen atoms in total. The average molecular weight is 325 g/mol. The van der Waals surface area contributed by atoms with Gasteiger partial charge < -0.3 is 19.7 Å². The number of nitrogens with zero attached hydrogens (tertiary/aromatic N) is 2. The molecule has 22 heavy (non-hydrogen) atoms. The van der Waals surface area contributed by atoms with Crippen LogP contribution in [0.25, 0.3) is 0 Å². The van der Waals surface area contributed by atoms with Crippen LogP contribution in [0.4, 0.5) is 4.79 Å². The first-order valence-electron chi connectivity index (χ1n) is 7.89. The van der Waals surface area contributed by atoms with Gasteiger partial charge in [0.1, 0.15) is 11.1 Å². The first-order chi connectivity index (χ1) is 10.7. The number of rotatable bonds is 2. The lowest BCUT2D eigenvalue weighted by Gasteiger charge is -2.33. The fourth-order valence-electron chi connectivity index (χ4n) is 2.82. The van der Waals surface area contributed by atoms with Crippen LogP contribution in [0.2, 0.25) is 0 Å². The molecule has 1 aromatic heterocycles. The molecule has 0 aromatic carbocycles. The molecule has 0 spiro atoms. The van der Waals surface area contributed by atoms with Crippen LogP contribution in [0.15, 0.2) is 5.38 Å². The van der Waals surface area contributed by atoms with E-state index in [1.165, 1.54) is 0 Å². The zero-order chi connectivity index (χ0) is 15.4. The van der Waals surface area contributed by atoms with Gasteiger partial charge in [0.25, 0.3) is 0 Å². The van der Waals surface area contributed by atoms with Crippen LogP contribution >= 0.6 is 11.3 Å². The Labute approximate surface area is 134 Å². The van der Waals surface area contributed by atoms with E-state index in [1.54, 1.807) is 11.3 Å². The minimum Gasteiger partial charge on any atom is -0.381 e. The first-order valence-corrected chi connectivity index (χ1v) is 8.77. The Bertz CT molecular complexity index is 500. The second-order valence-corrected chi connectivity index (χ2v) is 6.71. The molecule has 1 aromatic rings. The SMILES string of the molecule is Cc1csc([C@@H]2CN(C(=O)N[C@H]3CCCOCC3)CCO2)n1. The number of ether oxygens (including phenoxy) is 2. The summed E-state index contributed by atoms with van der Waals surface area (Å²) in [7, 11) is 0. The van der Waals surface area contributed by atoms with Crippen LogP contribution in [0.5, 0.6) is 0 Å². The van der Waals surface area contributed by atoms with E-state index in [0.29, 0.717) is 19.7 Å². The maximum absolute atomic E-state index is 12.5. The number of hydrogen-bond acceptors (Lipinski definition) is 5. The van der Waals surface area contributed by atoms with Crippen LogP contribution in [-0.4, -0.2) is 54.9 Å². The number of morpholine rings is 1. The Hall–Kier alpha value is -1.18. The predicted octanol–water partition coefficient (Wildman–Crippen LogP) is 2.10. The number of urea groups is 1. The summed E-state index contributed by atoms with van der Waals surface area (Å²) >= 11 is 1.60. The molecule has 3 heterocycles. The van der Waals surface area contributed by atoms with Crippen LogP contribution in [-0.2, 0) is 9.47 Å². The molecule has 2 aliphatic heterocycles. The molecule has 0 unspecified atom stereocenters. The quantitative estimate of drug-likeness (QED) is 0.904. The first kappa shape index (κ1) is 15.7. The zero-order valence-corrected chi connectivity index (χ0v) is 13.7. The van der Waals surface area contributed by atoms with Crippen molar-refractivity contribution in [1.82, 2.24) is 15.2 Å². The van der Waals surface area contributed by atoms with Gasteiger partial charge in [-0.15, -0.1) is 11.3 Å². The van der Waals surface area contributed by atoms with Crippen molar-refractivity contribution in [2.75, 3.05) is 32.9 Å². The molecule has 1 N–H and O–H groups in total. The van der Waals surface area contributed by atoms with Gasteiger partial charge in [-0.05, 0) is 26.2 Å². The highest BCUT2D eigenvalue weighted by Gasteiger charge is 2.28. The summed E-state index contributed by atoms with van der Waals surface area (Å²) in [6.07, 6.45) is 2.79. The fraction of sp³-hybridized carbons (Fsp3) is 0.733. The van der Waals surface area contributed by atoms with Crippen molar-refractivity contribution in [2.24, 2.45) is 0 Å². The van der Waals surface area contributed by atoms with E-state index in [1.807, 2.05) is 17.2 Å². The number of aromatic nitrogens is 1. The minimum atomic E-state index is -0.101. The van der Waals surface area contributed by atoms with E-state index >= 15 is 0 Å². The molecular weight excluding hydrogens is 302 g/mol. The van der Waals surface area contributed by atoms with E-state index < -0.39 is 0 Å². The molecule has 2 saturated heterocycles. The summed E-state index contributed by atoms with van der Waals surface area (Å²) in [6.45, 7) is 5.27. The number of amides is 2. The number of thiazole rings is 1. The summed E-state index contributed by atoms with van der Waals surface area (Å²) < 4.78 is 11.2. The van der Waals surface area contributed by atoms with Gasteiger partial charge in [-0.1, -0.05) is 0 Å². The van der Waals surface area contributed by atoms with Gasteiger partial charge in [0.2, 0.25) is 0 Å². The molecule has 122 valence electrons. The van der Waals surface area contributed by atoms with Gasteiger partial charge in [-0.2, -0.15) is 0 Å². The molecule has 0 saturated carbocycles. The van der Waals surface area contributed by atoms with Gasteiger partial charge in [0.15, 0.2) is 0 Å². The van der Waals surface area contributed by atoms with Crippen molar-refractivity contribution in [3.63, 3.8) is 0 Å². The minimum absolute atomic E-state index is 0.00785. The number of aryl methyl sites for hydroxylation is 1. The van der Waals surface area contributed by atoms with E-state index in [-0.39, 0.29) is 18.2 Å². The molecule has 0 bridgehead atoms. The molecule has 2 aliphatic rings. The van der Waals surface area contributed by atoms with E-state index in [0.717, 1.165) is 43.2 Å². The van der Waals surface area contributed by atoms with Gasteiger partial charge in [-0.3, -0.25) is 0 Å². The molecule has 2 fully saturated rings. The van der Waals surface area contributed by atoms with Gasteiger partial charge >= 0.3 is 6.03 Å². The highest BCUT2D eigenvalue weighted by Crippen LogP contribution is 2.25. The second kappa shape index (κ2) is 7.39. The third-order valence-corrected chi connectivity index (χ3v) is 5.10. The lowest BCUT2D eigenvalue weighted by Crippen LogP contribution is -2.50. The summed E-state index contributed by atoms with van der Waals surface area (Å²) in [4.78, 5) is 18.8. The molecule has 2 amide bonds.